The van der Waals surface area contributed by atoms with Crippen molar-refractivity contribution in [3.8, 4) is 0 Å². The predicted molar refractivity (Wildman–Crippen MR) is 59.7 cm³/mol. The fraction of sp³-hybridized carbons (Fsp3) is 0.800. The van der Waals surface area contributed by atoms with Gasteiger partial charge < -0.3 is 4.42 Å². The minimum Gasteiger partial charge on any atom is -0.423 e. The van der Waals surface area contributed by atoms with Crippen molar-refractivity contribution in [1.82, 2.24) is 15.1 Å². The van der Waals surface area contributed by atoms with E-state index in [4.69, 9.17) is 16.0 Å². The van der Waals surface area contributed by atoms with Crippen LogP contribution in [0.5, 0.6) is 0 Å². The molecule has 1 aromatic rings. The van der Waals surface area contributed by atoms with Crippen molar-refractivity contribution >= 4 is 11.6 Å². The Morgan fingerprint density at radius 2 is 2.00 bits per heavy atom. The summed E-state index contributed by atoms with van der Waals surface area (Å²) in [4.78, 5) is 2.18. The first-order chi connectivity index (χ1) is 7.26. The fourth-order valence-corrected chi connectivity index (χ4v) is 1.46. The molecule has 0 aliphatic rings. The summed E-state index contributed by atoms with van der Waals surface area (Å²) in [5, 5.41) is 7.72. The minimum absolute atomic E-state index is 0.284. The second-order valence-corrected chi connectivity index (χ2v) is 3.94. The third-order valence-corrected chi connectivity index (χ3v) is 2.40. The fourth-order valence-electron chi connectivity index (χ4n) is 1.35. The van der Waals surface area contributed by atoms with Crippen molar-refractivity contribution in [2.75, 3.05) is 13.6 Å². The van der Waals surface area contributed by atoms with Crippen LogP contribution in [0.3, 0.4) is 0 Å². The van der Waals surface area contributed by atoms with E-state index in [0.717, 1.165) is 6.54 Å². The molecule has 4 nitrogen and oxygen atoms in total. The van der Waals surface area contributed by atoms with Crippen LogP contribution in [0.4, 0.5) is 0 Å². The number of unbranched alkanes of at least 4 members (excludes halogenated alkanes) is 2. The van der Waals surface area contributed by atoms with Gasteiger partial charge in [-0.1, -0.05) is 19.8 Å². The molecule has 0 amide bonds. The second kappa shape index (κ2) is 6.80. The lowest BCUT2D eigenvalue weighted by Gasteiger charge is -2.13. The Kier molecular flexibility index (Phi) is 5.65. The highest BCUT2D eigenvalue weighted by Gasteiger charge is 2.07. The third kappa shape index (κ3) is 4.62. The molecule has 0 bridgehead atoms. The molecule has 0 saturated carbocycles. The summed E-state index contributed by atoms with van der Waals surface area (Å²) >= 11 is 5.57. The molecular weight excluding hydrogens is 214 g/mol. The lowest BCUT2D eigenvalue weighted by Crippen LogP contribution is -2.19. The lowest BCUT2D eigenvalue weighted by atomic mass is 10.2. The van der Waals surface area contributed by atoms with Crippen LogP contribution in [0.1, 0.15) is 38.0 Å². The van der Waals surface area contributed by atoms with Gasteiger partial charge in [0, 0.05) is 0 Å². The van der Waals surface area contributed by atoms with Crippen LogP contribution in [-0.2, 0) is 12.4 Å². The molecule has 1 heterocycles. The largest absolute Gasteiger partial charge is 0.423 e. The van der Waals surface area contributed by atoms with Crippen molar-refractivity contribution in [2.24, 2.45) is 0 Å². The minimum atomic E-state index is 0.284. The number of hydrogen-bond donors (Lipinski definition) is 0. The van der Waals surface area contributed by atoms with Crippen LogP contribution >= 0.6 is 11.6 Å². The lowest BCUT2D eigenvalue weighted by molar-refractivity contribution is 0.280. The number of rotatable bonds is 7. The molecule has 5 heteroatoms. The Balaban J connectivity index is 2.27. The highest BCUT2D eigenvalue weighted by atomic mass is 35.5. The molecule has 0 aromatic carbocycles. The molecule has 0 radical (unpaired) electrons. The molecule has 0 N–H and O–H groups in total. The van der Waals surface area contributed by atoms with E-state index >= 15 is 0 Å². The zero-order valence-electron chi connectivity index (χ0n) is 9.37. The third-order valence-electron chi connectivity index (χ3n) is 2.17. The highest BCUT2D eigenvalue weighted by Crippen LogP contribution is 2.06. The van der Waals surface area contributed by atoms with Gasteiger partial charge >= 0.3 is 0 Å². The van der Waals surface area contributed by atoms with Crippen LogP contribution < -0.4 is 0 Å². The van der Waals surface area contributed by atoms with E-state index in [2.05, 4.69) is 29.1 Å². The van der Waals surface area contributed by atoms with E-state index in [-0.39, 0.29) is 5.88 Å². The molecule has 0 fully saturated rings. The van der Waals surface area contributed by atoms with Gasteiger partial charge in [-0.05, 0) is 20.0 Å². The molecule has 0 aliphatic heterocycles. The van der Waals surface area contributed by atoms with E-state index in [9.17, 15) is 0 Å². The van der Waals surface area contributed by atoms with Gasteiger partial charge in [-0.2, -0.15) is 0 Å². The number of hydrogen-bond acceptors (Lipinski definition) is 4. The van der Waals surface area contributed by atoms with Gasteiger partial charge in [-0.15, -0.1) is 21.8 Å². The summed E-state index contributed by atoms with van der Waals surface area (Å²) in [6.45, 7) is 3.96. The maximum atomic E-state index is 5.57. The molecule has 1 aromatic heterocycles. The molecule has 0 spiro atoms. The van der Waals surface area contributed by atoms with E-state index in [0.29, 0.717) is 18.3 Å². The predicted octanol–water partition coefficient (Wildman–Crippen LogP) is 2.43. The molecule has 0 unspecified atom stereocenters. The number of aromatic nitrogens is 2. The standard InChI is InChI=1S/C10H18ClN3O/c1-3-4-5-6-14(2)8-10-13-12-9(7-11)15-10/h3-8H2,1-2H3. The Hall–Kier alpha value is -0.610. The van der Waals surface area contributed by atoms with Crippen molar-refractivity contribution in [3.05, 3.63) is 11.8 Å². The van der Waals surface area contributed by atoms with Gasteiger partial charge in [0.25, 0.3) is 0 Å². The van der Waals surface area contributed by atoms with E-state index in [1.54, 1.807) is 0 Å². The quantitative estimate of drug-likeness (QED) is 0.534. The Morgan fingerprint density at radius 3 is 2.60 bits per heavy atom. The van der Waals surface area contributed by atoms with E-state index in [1.807, 2.05) is 0 Å². The van der Waals surface area contributed by atoms with Crippen LogP contribution in [-0.4, -0.2) is 28.7 Å². The summed E-state index contributed by atoms with van der Waals surface area (Å²) in [6.07, 6.45) is 3.72. The zero-order valence-corrected chi connectivity index (χ0v) is 10.1. The maximum Gasteiger partial charge on any atom is 0.231 e. The number of nitrogens with zero attached hydrogens (tertiary/aromatic N) is 3. The average Bonchev–Trinajstić information content (AvgIpc) is 2.66. The first-order valence-corrected chi connectivity index (χ1v) is 5.85. The Labute approximate surface area is 95.6 Å². The van der Waals surface area contributed by atoms with Gasteiger partial charge in [-0.25, -0.2) is 0 Å². The topological polar surface area (TPSA) is 42.2 Å². The normalized spacial score (nSPS) is 11.2. The van der Waals surface area contributed by atoms with E-state index < -0.39 is 0 Å². The van der Waals surface area contributed by atoms with Crippen molar-refractivity contribution in [2.45, 2.75) is 38.6 Å². The van der Waals surface area contributed by atoms with Crippen LogP contribution in [0.25, 0.3) is 0 Å². The Bertz CT molecular complexity index is 277. The maximum absolute atomic E-state index is 5.57. The van der Waals surface area contributed by atoms with Crippen LogP contribution in [0.15, 0.2) is 4.42 Å². The van der Waals surface area contributed by atoms with Crippen molar-refractivity contribution in [1.29, 1.82) is 0 Å². The summed E-state index contributed by atoms with van der Waals surface area (Å²) in [5.41, 5.74) is 0. The van der Waals surface area contributed by atoms with Crippen molar-refractivity contribution in [3.63, 3.8) is 0 Å². The zero-order chi connectivity index (χ0) is 11.1. The average molecular weight is 232 g/mol. The summed E-state index contributed by atoms with van der Waals surface area (Å²) in [6, 6.07) is 0. The number of halogens is 1. The highest BCUT2D eigenvalue weighted by molar-refractivity contribution is 6.16. The molecular formula is C10H18ClN3O. The molecule has 1 rings (SSSR count). The summed E-state index contributed by atoms with van der Waals surface area (Å²) in [5.74, 6) is 1.42. The monoisotopic (exact) mass is 231 g/mol. The van der Waals surface area contributed by atoms with E-state index in [1.165, 1.54) is 19.3 Å². The van der Waals surface area contributed by atoms with Gasteiger partial charge in [0.2, 0.25) is 11.8 Å². The van der Waals surface area contributed by atoms with Crippen LogP contribution in [0.2, 0.25) is 0 Å². The van der Waals surface area contributed by atoms with Gasteiger partial charge in [0.05, 0.1) is 6.54 Å². The van der Waals surface area contributed by atoms with Gasteiger partial charge in [-0.3, -0.25) is 4.90 Å². The first kappa shape index (κ1) is 12.5. The summed E-state index contributed by atoms with van der Waals surface area (Å²) in [7, 11) is 2.06. The Morgan fingerprint density at radius 1 is 1.27 bits per heavy atom. The van der Waals surface area contributed by atoms with Crippen LogP contribution in [0, 0.1) is 0 Å². The molecule has 0 atom stereocenters. The molecule has 0 saturated heterocycles. The van der Waals surface area contributed by atoms with Gasteiger partial charge in [0.1, 0.15) is 5.88 Å². The second-order valence-electron chi connectivity index (χ2n) is 3.67. The van der Waals surface area contributed by atoms with Gasteiger partial charge in [0.15, 0.2) is 0 Å². The van der Waals surface area contributed by atoms with Crippen molar-refractivity contribution < 1.29 is 4.42 Å². The SMILES string of the molecule is CCCCCN(C)Cc1nnc(CCl)o1. The molecule has 86 valence electrons. The summed E-state index contributed by atoms with van der Waals surface area (Å²) < 4.78 is 5.31. The first-order valence-electron chi connectivity index (χ1n) is 5.32. The smallest absolute Gasteiger partial charge is 0.231 e. The molecule has 0 aliphatic carbocycles. The number of alkyl halides is 1. The molecule has 15 heavy (non-hydrogen) atoms.